The smallest absolute Gasteiger partial charge is 0.303 e. The average Bonchev–Trinajstić information content (AvgIpc) is 2.73. The molecule has 0 atom stereocenters. The summed E-state index contributed by atoms with van der Waals surface area (Å²) in [5.41, 5.74) is 7.50. The molecule has 1 aliphatic heterocycles. The number of hydrogen-bond donors (Lipinski definition) is 4. The molecule has 3 rings (SSSR count). The molecule has 1 aromatic rings. The van der Waals surface area contributed by atoms with Crippen LogP contribution in [0.3, 0.4) is 0 Å². The zero-order valence-electron chi connectivity index (χ0n) is 16.7. The van der Waals surface area contributed by atoms with E-state index >= 15 is 0 Å². The van der Waals surface area contributed by atoms with Gasteiger partial charge in [0.25, 0.3) is 5.91 Å². The topological polar surface area (TPSA) is 111 Å². The predicted molar refractivity (Wildman–Crippen MR) is 109 cm³/mol. The van der Waals surface area contributed by atoms with Crippen molar-refractivity contribution in [2.24, 2.45) is 11.8 Å². The maximum absolute atomic E-state index is 12.6. The average molecular weight is 402 g/mol. The van der Waals surface area contributed by atoms with Crippen molar-refractivity contribution >= 4 is 23.5 Å². The van der Waals surface area contributed by atoms with E-state index in [0.29, 0.717) is 31.0 Å². The molecule has 1 aliphatic carbocycles. The van der Waals surface area contributed by atoms with Gasteiger partial charge in [0, 0.05) is 25.4 Å². The first-order valence-electron chi connectivity index (χ1n) is 10.5. The molecule has 29 heavy (non-hydrogen) atoms. The van der Waals surface area contributed by atoms with Gasteiger partial charge in [-0.25, -0.2) is 0 Å². The molecule has 0 bridgehead atoms. The maximum Gasteiger partial charge on any atom is 0.303 e. The lowest BCUT2D eigenvalue weighted by atomic mass is 9.81. The molecule has 8 nitrogen and oxygen atoms in total. The Morgan fingerprint density at radius 3 is 2.62 bits per heavy atom. The number of carboxylic acids is 1. The van der Waals surface area contributed by atoms with Crippen molar-refractivity contribution in [1.82, 2.24) is 15.9 Å². The van der Waals surface area contributed by atoms with E-state index < -0.39 is 5.97 Å². The van der Waals surface area contributed by atoms with E-state index in [1.54, 1.807) is 5.01 Å². The lowest BCUT2D eigenvalue weighted by Gasteiger charge is -2.35. The first kappa shape index (κ1) is 21.1. The molecule has 2 amide bonds. The molecule has 0 saturated heterocycles. The van der Waals surface area contributed by atoms with Gasteiger partial charge in [0.1, 0.15) is 0 Å². The van der Waals surface area contributed by atoms with Crippen LogP contribution in [-0.2, 0) is 9.59 Å². The van der Waals surface area contributed by atoms with Crippen LogP contribution in [0.5, 0.6) is 0 Å². The third kappa shape index (κ3) is 5.93. The van der Waals surface area contributed by atoms with Gasteiger partial charge in [-0.1, -0.05) is 18.6 Å². The Labute approximate surface area is 171 Å². The van der Waals surface area contributed by atoms with Crippen molar-refractivity contribution in [2.75, 3.05) is 18.5 Å². The van der Waals surface area contributed by atoms with Crippen LogP contribution in [0.4, 0.5) is 5.69 Å². The second-order valence-corrected chi connectivity index (χ2v) is 7.91. The number of hydrazine groups is 2. The van der Waals surface area contributed by atoms with Gasteiger partial charge in [-0.3, -0.25) is 19.4 Å². The van der Waals surface area contributed by atoms with Crippen LogP contribution in [0.15, 0.2) is 24.3 Å². The molecule has 0 spiro atoms. The summed E-state index contributed by atoms with van der Waals surface area (Å²) >= 11 is 0. The number of carbonyl (C=O) groups is 3. The lowest BCUT2D eigenvalue weighted by Crippen LogP contribution is -2.52. The van der Waals surface area contributed by atoms with Gasteiger partial charge >= 0.3 is 5.97 Å². The van der Waals surface area contributed by atoms with Gasteiger partial charge in [0.2, 0.25) is 5.91 Å². The first-order chi connectivity index (χ1) is 14.0. The number of aliphatic carboxylic acids is 1. The number of hydrogen-bond acceptors (Lipinski definition) is 5. The number of unbranched alkanes of at least 4 members (excludes halogenated alkanes) is 2. The van der Waals surface area contributed by atoms with Gasteiger partial charge in [0.15, 0.2) is 0 Å². The summed E-state index contributed by atoms with van der Waals surface area (Å²) < 4.78 is 0. The largest absolute Gasteiger partial charge is 0.481 e. The molecule has 0 unspecified atom stereocenters. The standard InChI is InChI=1S/C21H30N4O4/c26-19(27)8-2-1-5-13-22-20(28)16-11-9-15(10-12-16)14-25-21(29)17-6-3-4-7-18(17)23-24-25/h3-4,6-7,15-16,23-24H,1-2,5,8-14H2,(H,22,28)(H,26,27). The van der Waals surface area contributed by atoms with E-state index in [4.69, 9.17) is 5.11 Å². The fourth-order valence-corrected chi connectivity index (χ4v) is 4.03. The van der Waals surface area contributed by atoms with Crippen LogP contribution in [-0.4, -0.2) is 41.0 Å². The summed E-state index contributed by atoms with van der Waals surface area (Å²) in [6, 6.07) is 7.44. The summed E-state index contributed by atoms with van der Waals surface area (Å²) in [7, 11) is 0. The SMILES string of the molecule is O=C(O)CCCCCNC(=O)C1CCC(CN2NNc3ccccc3C2=O)CC1. The van der Waals surface area contributed by atoms with E-state index in [2.05, 4.69) is 16.3 Å². The molecule has 158 valence electrons. The Bertz CT molecular complexity index is 731. The molecule has 2 aliphatic rings. The molecule has 1 heterocycles. The Kier molecular flexibility index (Phi) is 7.46. The summed E-state index contributed by atoms with van der Waals surface area (Å²) in [4.78, 5) is 35.4. The molecule has 0 aromatic heterocycles. The minimum absolute atomic E-state index is 0.0258. The van der Waals surface area contributed by atoms with Crippen LogP contribution in [0.25, 0.3) is 0 Å². The predicted octanol–water partition coefficient (Wildman–Crippen LogP) is 2.54. The van der Waals surface area contributed by atoms with Crippen molar-refractivity contribution in [1.29, 1.82) is 0 Å². The highest BCUT2D eigenvalue weighted by Gasteiger charge is 2.30. The third-order valence-corrected chi connectivity index (χ3v) is 5.75. The summed E-state index contributed by atoms with van der Waals surface area (Å²) in [6.07, 6.45) is 5.97. The minimum Gasteiger partial charge on any atom is -0.481 e. The lowest BCUT2D eigenvalue weighted by molar-refractivity contribution is -0.137. The fraction of sp³-hybridized carbons (Fsp3) is 0.571. The summed E-state index contributed by atoms with van der Waals surface area (Å²) in [5.74, 6) is -0.286. The Morgan fingerprint density at radius 1 is 1.10 bits per heavy atom. The Morgan fingerprint density at radius 2 is 1.86 bits per heavy atom. The van der Waals surface area contributed by atoms with Crippen LogP contribution < -0.4 is 16.3 Å². The monoisotopic (exact) mass is 402 g/mol. The van der Waals surface area contributed by atoms with Gasteiger partial charge in [-0.15, -0.1) is 5.53 Å². The Hall–Kier alpha value is -2.61. The van der Waals surface area contributed by atoms with Crippen molar-refractivity contribution < 1.29 is 19.5 Å². The molecule has 1 saturated carbocycles. The second kappa shape index (κ2) is 10.2. The number of fused-ring (bicyclic) bond motifs is 1. The van der Waals surface area contributed by atoms with Gasteiger partial charge in [-0.2, -0.15) is 0 Å². The van der Waals surface area contributed by atoms with Crippen LogP contribution in [0.1, 0.15) is 61.7 Å². The normalized spacial score (nSPS) is 21.2. The van der Waals surface area contributed by atoms with Crippen molar-refractivity contribution in [3.05, 3.63) is 29.8 Å². The number of carbonyl (C=O) groups excluding carboxylic acids is 2. The highest BCUT2D eigenvalue weighted by Crippen LogP contribution is 2.30. The highest BCUT2D eigenvalue weighted by atomic mass is 16.4. The number of para-hydroxylation sites is 1. The maximum atomic E-state index is 12.6. The molecule has 1 aromatic carbocycles. The molecule has 1 fully saturated rings. The molecule has 4 N–H and O–H groups in total. The first-order valence-corrected chi connectivity index (χ1v) is 10.5. The molecular formula is C21H30N4O4. The van der Waals surface area contributed by atoms with Crippen molar-refractivity contribution in [3.63, 3.8) is 0 Å². The Balaban J connectivity index is 1.35. The third-order valence-electron chi connectivity index (χ3n) is 5.75. The minimum atomic E-state index is -0.771. The number of rotatable bonds is 9. The van der Waals surface area contributed by atoms with E-state index in [1.165, 1.54) is 0 Å². The molecule has 8 heteroatoms. The highest BCUT2D eigenvalue weighted by molar-refractivity contribution is 6.00. The van der Waals surface area contributed by atoms with E-state index in [0.717, 1.165) is 44.2 Å². The summed E-state index contributed by atoms with van der Waals surface area (Å²) in [6.45, 7) is 1.23. The molecule has 0 radical (unpaired) electrons. The summed E-state index contributed by atoms with van der Waals surface area (Å²) in [5, 5.41) is 13.2. The number of nitrogens with one attached hydrogen (secondary N) is 3. The zero-order chi connectivity index (χ0) is 20.6. The molecular weight excluding hydrogens is 372 g/mol. The van der Waals surface area contributed by atoms with Gasteiger partial charge in [-0.05, 0) is 56.6 Å². The second-order valence-electron chi connectivity index (χ2n) is 7.91. The number of nitrogens with zero attached hydrogens (tertiary/aromatic N) is 1. The van der Waals surface area contributed by atoms with E-state index in [9.17, 15) is 14.4 Å². The number of carboxylic acid groups (broad SMARTS) is 1. The van der Waals surface area contributed by atoms with Gasteiger partial charge in [0.05, 0.1) is 11.3 Å². The van der Waals surface area contributed by atoms with Crippen molar-refractivity contribution in [3.8, 4) is 0 Å². The van der Waals surface area contributed by atoms with Crippen LogP contribution >= 0.6 is 0 Å². The van der Waals surface area contributed by atoms with Crippen molar-refractivity contribution in [2.45, 2.75) is 51.4 Å². The van der Waals surface area contributed by atoms with Crippen LogP contribution in [0, 0.1) is 11.8 Å². The van der Waals surface area contributed by atoms with E-state index in [1.807, 2.05) is 24.3 Å². The van der Waals surface area contributed by atoms with Crippen LogP contribution in [0.2, 0.25) is 0 Å². The van der Waals surface area contributed by atoms with E-state index in [-0.39, 0.29) is 24.2 Å². The quantitative estimate of drug-likeness (QED) is 0.473. The van der Waals surface area contributed by atoms with Gasteiger partial charge < -0.3 is 15.8 Å². The number of anilines is 1. The zero-order valence-corrected chi connectivity index (χ0v) is 16.7. The number of benzene rings is 1. The fourth-order valence-electron chi connectivity index (χ4n) is 4.03. The number of amides is 2.